The van der Waals surface area contributed by atoms with Gasteiger partial charge in [-0.25, -0.2) is 38.3 Å². The number of nitrogens with zero attached hydrogens (tertiary/aromatic N) is 15. The number of benzene rings is 3. The molecule has 0 unspecified atom stereocenters. The second-order valence-electron chi connectivity index (χ2n) is 30.2. The maximum Gasteiger partial charge on any atom is 0.248 e. The lowest BCUT2D eigenvalue weighted by Gasteiger charge is -2.27. The number of ether oxygens (including phenoxy) is 3. The lowest BCUT2D eigenvalue weighted by molar-refractivity contribution is -0.118. The maximum atomic E-state index is 12.9. The van der Waals surface area contributed by atoms with Crippen molar-refractivity contribution in [3.05, 3.63) is 235 Å². The van der Waals surface area contributed by atoms with Crippen molar-refractivity contribution < 1.29 is 46.6 Å². The monoisotopic (exact) mass is 1650 g/mol. The number of H-pyrrole nitrogens is 3. The first-order valence-electron chi connectivity index (χ1n) is 39.9. The van der Waals surface area contributed by atoms with Gasteiger partial charge >= 0.3 is 0 Å². The number of likely N-dealkylation sites (N-methyl/N-ethyl adjacent to an activating group) is 3. The van der Waals surface area contributed by atoms with E-state index in [1.807, 2.05) is 136 Å². The molecule has 6 N–H and O–H groups in total. The van der Waals surface area contributed by atoms with Gasteiger partial charge in [0, 0.05) is 131 Å². The van der Waals surface area contributed by atoms with Gasteiger partial charge in [0.25, 0.3) is 0 Å². The summed E-state index contributed by atoms with van der Waals surface area (Å²) in [6, 6.07) is 39.9. The Balaban J connectivity index is 0.000000157. The first-order valence-corrected chi connectivity index (χ1v) is 41.7. The molecule has 0 bridgehead atoms. The topological polar surface area (TPSA) is 366 Å². The SMILES string of the molecule is CN(C)C/C=C/C(=O)Nc1ccc(CC(=O)Cc2ccc(-c3cc4c(N5CCOCC5)ncnc4[nH]3)cc2)nc1.CN(C)C/C=C/C(=O)Nc1ccc(CC(=O)Cc2ccc(-c3cc4c(N5CCOCC5)ncnc4[nH]3)cc2)nc1.CN(C)C/C=C/C(=O)Nc1ccc(CS(=O)(=O)Cc2ccc(-c3cc4c(N5CCOCC5)ncnc4[nH]3)cc2)nc1. The molecule has 121 heavy (non-hydrogen) atoms. The molecule has 32 heteroatoms. The van der Waals surface area contributed by atoms with Gasteiger partial charge in [0.15, 0.2) is 9.84 Å². The smallest absolute Gasteiger partial charge is 0.248 e. The average Bonchev–Trinajstić information content (AvgIpc) is 1.65. The van der Waals surface area contributed by atoms with Crippen molar-refractivity contribution in [1.82, 2.24) is 74.5 Å². The summed E-state index contributed by atoms with van der Waals surface area (Å²) in [4.78, 5) is 124. The molecule has 3 saturated heterocycles. The van der Waals surface area contributed by atoms with Gasteiger partial charge in [-0.1, -0.05) is 91.0 Å². The maximum absolute atomic E-state index is 12.9. The highest BCUT2D eigenvalue weighted by Gasteiger charge is 2.23. The van der Waals surface area contributed by atoms with Crippen LogP contribution >= 0.6 is 0 Å². The molecule has 3 aromatic carbocycles. The van der Waals surface area contributed by atoms with Crippen molar-refractivity contribution in [2.24, 2.45) is 0 Å². The van der Waals surface area contributed by atoms with E-state index in [2.05, 4.69) is 103 Å². The van der Waals surface area contributed by atoms with Gasteiger partial charge < -0.3 is 74.5 Å². The molecule has 12 heterocycles. The first-order chi connectivity index (χ1) is 58.6. The third kappa shape index (κ3) is 25.1. The molecular weight excluding hydrogens is 1560 g/mol. The minimum absolute atomic E-state index is 0.0692. The molecule has 0 radical (unpaired) electrons. The number of ketones is 2. The average molecular weight is 1650 g/mol. The Hall–Kier alpha value is -13.0. The number of carbonyl (C=O) groups is 5. The quantitative estimate of drug-likeness (QED) is 0.0228. The molecule has 3 aliphatic heterocycles. The van der Waals surface area contributed by atoms with Crippen molar-refractivity contribution in [1.29, 1.82) is 0 Å². The minimum atomic E-state index is -3.47. The lowest BCUT2D eigenvalue weighted by atomic mass is 10.0. The Bertz CT molecular complexity index is 5490. The van der Waals surface area contributed by atoms with E-state index in [4.69, 9.17) is 14.2 Å². The van der Waals surface area contributed by atoms with E-state index in [0.29, 0.717) is 112 Å². The van der Waals surface area contributed by atoms with Crippen LogP contribution in [0.15, 0.2) is 201 Å². The first kappa shape index (κ1) is 85.9. The largest absolute Gasteiger partial charge is 0.378 e. The number of fused-ring (bicyclic) bond motifs is 3. The van der Waals surface area contributed by atoms with Gasteiger partial charge in [0.05, 0.1) is 109 Å². The van der Waals surface area contributed by atoms with Crippen LogP contribution in [0.4, 0.5) is 34.5 Å². The second-order valence-corrected chi connectivity index (χ2v) is 32.3. The Morgan fingerprint density at radius 1 is 0.380 bits per heavy atom. The van der Waals surface area contributed by atoms with Gasteiger partial charge in [-0.2, -0.15) is 0 Å². The van der Waals surface area contributed by atoms with Crippen molar-refractivity contribution in [3.8, 4) is 33.8 Å². The number of rotatable bonds is 30. The molecule has 0 atom stereocenters. The molecule has 0 saturated carbocycles. The standard InChI is InChI=1S/2C30H33N7O3.C29H33N7O4S/c2*1-36(2)11-3-4-28(39)34-24-10-9-23(31-19-24)17-25(38)16-21-5-7-22(8-6-21)27-18-26-29(35-27)32-20-33-30(26)37-12-14-40-15-13-37;1-35(2)11-3-4-27(37)33-23-9-10-24(30-17-23)19-41(38,39)18-21-5-7-22(8-6-21)26-16-25-28(34-26)31-20-32-29(25)36-12-14-40-15-13-36/h2*3-10,18-20H,11-17H2,1-2H3,(H,34,39)(H,32,33,35);3-10,16-17,20H,11-15,18-19H2,1-2H3,(H,33,37)(H,31,32,34)/b3*4-3+. The number of anilines is 6. The molecule has 31 nitrogen and oxygen atoms in total. The number of carbonyl (C=O) groups excluding carboxylic acids is 5. The highest BCUT2D eigenvalue weighted by molar-refractivity contribution is 7.89. The summed E-state index contributed by atoms with van der Waals surface area (Å²) in [6.07, 6.45) is 20.2. The van der Waals surface area contributed by atoms with E-state index in [1.165, 1.54) is 24.4 Å². The van der Waals surface area contributed by atoms with Crippen LogP contribution in [0.5, 0.6) is 0 Å². The van der Waals surface area contributed by atoms with Crippen molar-refractivity contribution in [2.45, 2.75) is 37.2 Å². The van der Waals surface area contributed by atoms with E-state index in [1.54, 1.807) is 86.0 Å². The van der Waals surface area contributed by atoms with Gasteiger partial charge in [-0.15, -0.1) is 0 Å². The third-order valence-electron chi connectivity index (χ3n) is 19.8. The Morgan fingerprint density at radius 2 is 0.686 bits per heavy atom. The molecule has 12 aromatic rings. The van der Waals surface area contributed by atoms with Gasteiger partial charge in [0.2, 0.25) is 17.7 Å². The molecule has 3 aliphatic rings. The fourth-order valence-electron chi connectivity index (χ4n) is 13.7. The Kier molecular flexibility index (Phi) is 29.6. The van der Waals surface area contributed by atoms with E-state index in [9.17, 15) is 32.4 Å². The molecule has 15 rings (SSSR count). The summed E-state index contributed by atoms with van der Waals surface area (Å²) in [6.45, 7) is 10.9. The minimum Gasteiger partial charge on any atom is -0.378 e. The summed E-state index contributed by atoms with van der Waals surface area (Å²) in [5.74, 6) is 1.85. The highest BCUT2D eigenvalue weighted by atomic mass is 32.2. The zero-order valence-electron chi connectivity index (χ0n) is 68.6. The van der Waals surface area contributed by atoms with Crippen LogP contribution < -0.4 is 30.7 Å². The van der Waals surface area contributed by atoms with Crippen LogP contribution in [-0.2, 0) is 85.2 Å². The number of sulfone groups is 1. The number of amides is 3. The Morgan fingerprint density at radius 3 is 0.983 bits per heavy atom. The van der Waals surface area contributed by atoms with Gasteiger partial charge in [0.1, 0.15) is 64.9 Å². The lowest BCUT2D eigenvalue weighted by Crippen LogP contribution is -2.36. The summed E-state index contributed by atoms with van der Waals surface area (Å²) >= 11 is 0. The fourth-order valence-corrected chi connectivity index (χ4v) is 15.1. The number of aromatic amines is 3. The number of aromatic nitrogens is 12. The molecule has 0 aliphatic carbocycles. The number of morpholine rings is 3. The van der Waals surface area contributed by atoms with E-state index in [0.717, 1.165) is 135 Å². The zero-order chi connectivity index (χ0) is 84.6. The molecule has 3 amide bonds. The van der Waals surface area contributed by atoms with Crippen LogP contribution in [0.3, 0.4) is 0 Å². The van der Waals surface area contributed by atoms with Crippen LogP contribution in [0, 0.1) is 0 Å². The predicted molar refractivity (Wildman–Crippen MR) is 470 cm³/mol. The van der Waals surface area contributed by atoms with E-state index < -0.39 is 9.84 Å². The van der Waals surface area contributed by atoms with Crippen LogP contribution in [0.2, 0.25) is 0 Å². The number of hydrogen-bond acceptors (Lipinski definition) is 25. The predicted octanol–water partition coefficient (Wildman–Crippen LogP) is 9.56. The van der Waals surface area contributed by atoms with E-state index in [-0.39, 0.29) is 53.6 Å². The van der Waals surface area contributed by atoms with Gasteiger partial charge in [-0.3, -0.25) is 38.9 Å². The van der Waals surface area contributed by atoms with Crippen LogP contribution in [0.25, 0.3) is 66.9 Å². The highest BCUT2D eigenvalue weighted by Crippen LogP contribution is 2.34. The summed E-state index contributed by atoms with van der Waals surface area (Å²) < 4.78 is 42.2. The molecule has 0 spiro atoms. The number of nitrogens with one attached hydrogen (secondary N) is 6. The van der Waals surface area contributed by atoms with Crippen LogP contribution in [-0.4, -0.2) is 253 Å². The normalized spacial score (nSPS) is 14.0. The zero-order valence-corrected chi connectivity index (χ0v) is 69.4. The van der Waals surface area contributed by atoms with Gasteiger partial charge in [-0.05, 0) is 130 Å². The summed E-state index contributed by atoms with van der Waals surface area (Å²) in [7, 11) is 8.10. The van der Waals surface area contributed by atoms with E-state index >= 15 is 0 Å². The van der Waals surface area contributed by atoms with Crippen molar-refractivity contribution in [2.75, 3.05) is 171 Å². The molecule has 9 aromatic heterocycles. The number of hydrogen-bond donors (Lipinski definition) is 6. The summed E-state index contributed by atoms with van der Waals surface area (Å²) in [5.41, 5.74) is 14.1. The second kappa shape index (κ2) is 41.6. The molecular formula is C89H99N21O10S. The third-order valence-corrected chi connectivity index (χ3v) is 21.3. The molecule has 626 valence electrons. The number of Topliss-reactive ketones (excluding diaryl/α,β-unsaturated/α-hetero) is 2. The number of pyridine rings is 3. The van der Waals surface area contributed by atoms with Crippen molar-refractivity contribution in [3.63, 3.8) is 0 Å². The molecule has 3 fully saturated rings. The van der Waals surface area contributed by atoms with Crippen LogP contribution in [0.1, 0.15) is 33.8 Å². The fraction of sp³-hybridized carbons (Fsp3) is 0.303. The Labute approximate surface area is 701 Å². The summed E-state index contributed by atoms with van der Waals surface area (Å²) in [5, 5.41) is 11.2. The van der Waals surface area contributed by atoms with Crippen molar-refractivity contribution >= 4 is 107 Å².